The highest BCUT2D eigenvalue weighted by Crippen LogP contribution is 2.32. The van der Waals surface area contributed by atoms with E-state index in [1.54, 1.807) is 0 Å². The molecule has 0 saturated carbocycles. The predicted octanol–water partition coefficient (Wildman–Crippen LogP) is -8.56. The lowest BCUT2D eigenvalue weighted by atomic mass is 9.86. The average Bonchev–Trinajstić information content (AvgIpc) is 3.00. The van der Waals surface area contributed by atoms with E-state index in [1.807, 2.05) is 0 Å². The monoisotopic (exact) mass is 645 g/mol. The SMILES string of the molecule is C[C@H]1OC(OC2[C@@H](CO)OC(OC3[C@@H](CO)OC(O)[C@H](O)[C@H]3O)[C@H](O)[C@H]2O)[C@H](O)[C@@H](O)[C@@H]1N[C@H]1C=C(CO)[C@@H](O)[C@H](O)[C@H]1O. The van der Waals surface area contributed by atoms with Crippen LogP contribution in [-0.4, -0.2) is 203 Å². The Morgan fingerprint density at radius 3 is 1.73 bits per heavy atom. The van der Waals surface area contributed by atoms with E-state index in [-0.39, 0.29) is 5.57 Å². The van der Waals surface area contributed by atoms with Gasteiger partial charge >= 0.3 is 0 Å². The minimum atomic E-state index is -1.93. The molecule has 1 aliphatic carbocycles. The van der Waals surface area contributed by atoms with Crippen LogP contribution >= 0.6 is 0 Å². The van der Waals surface area contributed by atoms with Crippen LogP contribution in [-0.2, 0) is 23.7 Å². The third kappa shape index (κ3) is 6.96. The highest BCUT2D eigenvalue weighted by Gasteiger charge is 2.53. The predicted molar refractivity (Wildman–Crippen MR) is 138 cm³/mol. The second kappa shape index (κ2) is 14.8. The van der Waals surface area contributed by atoms with Crippen molar-refractivity contribution in [3.63, 3.8) is 0 Å². The van der Waals surface area contributed by atoms with Crippen LogP contribution in [0.2, 0.25) is 0 Å². The van der Waals surface area contributed by atoms with E-state index in [9.17, 15) is 66.4 Å². The molecule has 19 nitrogen and oxygen atoms in total. The zero-order valence-corrected chi connectivity index (χ0v) is 23.5. The summed E-state index contributed by atoms with van der Waals surface area (Å²) in [6.45, 7) is -0.753. The quantitative estimate of drug-likeness (QED) is 0.103. The Balaban J connectivity index is 1.42. The summed E-state index contributed by atoms with van der Waals surface area (Å²) in [4.78, 5) is 0. The molecule has 0 aromatic carbocycles. The van der Waals surface area contributed by atoms with Gasteiger partial charge in [-0.2, -0.15) is 0 Å². The summed E-state index contributed by atoms with van der Waals surface area (Å²) >= 11 is 0. The van der Waals surface area contributed by atoms with E-state index < -0.39 is 136 Å². The highest BCUT2D eigenvalue weighted by molar-refractivity contribution is 5.22. The van der Waals surface area contributed by atoms with Gasteiger partial charge in [-0.15, -0.1) is 0 Å². The normalized spacial score (nSPS) is 52.0. The van der Waals surface area contributed by atoms with Crippen molar-refractivity contribution in [2.45, 2.75) is 123 Å². The van der Waals surface area contributed by atoms with E-state index in [2.05, 4.69) is 5.32 Å². The van der Waals surface area contributed by atoms with Gasteiger partial charge in [0.15, 0.2) is 18.9 Å². The maximum Gasteiger partial charge on any atom is 0.187 e. The lowest BCUT2D eigenvalue weighted by Gasteiger charge is -2.48. The van der Waals surface area contributed by atoms with Gasteiger partial charge in [-0.25, -0.2) is 0 Å². The second-order valence-corrected chi connectivity index (χ2v) is 11.4. The van der Waals surface area contributed by atoms with Gasteiger partial charge in [-0.3, -0.25) is 0 Å². The van der Waals surface area contributed by atoms with Crippen LogP contribution in [0.5, 0.6) is 0 Å². The number of ether oxygens (including phenoxy) is 5. The molecule has 0 spiro atoms. The molecule has 0 bridgehead atoms. The van der Waals surface area contributed by atoms with Crippen molar-refractivity contribution in [3.05, 3.63) is 11.6 Å². The number of aliphatic hydroxyl groups excluding tert-OH is 13. The molecule has 14 N–H and O–H groups in total. The standard InChI is InChI=1S/C25H43NO18/c1-6-11(26-8-2-7(3-27)12(30)15(33)13(8)31)14(32)19(37)24(40-6)43-22-10(5-29)42-25(20(38)17(22)35)44-21-9(4-28)41-23(39)18(36)16(21)34/h2,6,8-39H,3-5H2,1H3/t6-,8+,9-,10-,11-,12-,13+,14+,15+,16-,17-,18-,19-,20-,21?,22?,23?,24?,25?/m1/s1. The molecule has 0 amide bonds. The van der Waals surface area contributed by atoms with Gasteiger partial charge in [-0.05, 0) is 12.5 Å². The molecule has 3 saturated heterocycles. The van der Waals surface area contributed by atoms with E-state index in [0.717, 1.165) is 0 Å². The van der Waals surface area contributed by atoms with Crippen molar-refractivity contribution >= 4 is 0 Å². The van der Waals surface area contributed by atoms with Gasteiger partial charge in [0.25, 0.3) is 0 Å². The lowest BCUT2D eigenvalue weighted by molar-refractivity contribution is -0.373. The Hall–Kier alpha value is -1.02. The first-order valence-electron chi connectivity index (χ1n) is 14.1. The van der Waals surface area contributed by atoms with Gasteiger partial charge in [-0.1, -0.05) is 6.08 Å². The van der Waals surface area contributed by atoms with Crippen LogP contribution in [0.4, 0.5) is 0 Å². The Morgan fingerprint density at radius 2 is 1.16 bits per heavy atom. The maximum atomic E-state index is 10.9. The van der Waals surface area contributed by atoms with Crippen LogP contribution < -0.4 is 5.32 Å². The van der Waals surface area contributed by atoms with E-state index in [4.69, 9.17) is 23.7 Å². The van der Waals surface area contributed by atoms with Crippen molar-refractivity contribution in [3.8, 4) is 0 Å². The van der Waals surface area contributed by atoms with Gasteiger partial charge in [0, 0.05) is 0 Å². The molecule has 0 aromatic rings. The molecule has 19 heteroatoms. The Morgan fingerprint density at radius 1 is 0.636 bits per heavy atom. The molecular formula is C25H43NO18. The van der Waals surface area contributed by atoms with Crippen molar-refractivity contribution < 1.29 is 90.1 Å². The number of hydrogen-bond donors (Lipinski definition) is 14. The van der Waals surface area contributed by atoms with Gasteiger partial charge in [0.05, 0.1) is 38.0 Å². The molecule has 19 atom stereocenters. The largest absolute Gasteiger partial charge is 0.394 e. The molecular weight excluding hydrogens is 602 g/mol. The van der Waals surface area contributed by atoms with E-state index in [1.165, 1.54) is 13.0 Å². The first kappa shape index (κ1) is 35.8. The van der Waals surface area contributed by atoms with Crippen molar-refractivity contribution in [1.82, 2.24) is 5.32 Å². The van der Waals surface area contributed by atoms with Crippen LogP contribution in [0.1, 0.15) is 6.92 Å². The van der Waals surface area contributed by atoms with E-state index >= 15 is 0 Å². The third-order valence-electron chi connectivity index (χ3n) is 8.48. The molecule has 4 aliphatic rings. The second-order valence-electron chi connectivity index (χ2n) is 11.4. The van der Waals surface area contributed by atoms with Crippen LogP contribution in [0.25, 0.3) is 0 Å². The molecule has 44 heavy (non-hydrogen) atoms. The topological polar surface area (TPSA) is 321 Å². The molecule has 3 aliphatic heterocycles. The number of aliphatic hydroxyl groups is 13. The molecule has 5 unspecified atom stereocenters. The summed E-state index contributed by atoms with van der Waals surface area (Å²) < 4.78 is 27.4. The first-order chi connectivity index (χ1) is 20.7. The summed E-state index contributed by atoms with van der Waals surface area (Å²) in [5.41, 5.74) is 0.0225. The van der Waals surface area contributed by atoms with E-state index in [0.29, 0.717) is 0 Å². The van der Waals surface area contributed by atoms with Crippen LogP contribution in [0.3, 0.4) is 0 Å². The fraction of sp³-hybridized carbons (Fsp3) is 0.920. The van der Waals surface area contributed by atoms with Crippen LogP contribution in [0, 0.1) is 0 Å². The molecule has 256 valence electrons. The van der Waals surface area contributed by atoms with Crippen molar-refractivity contribution in [1.29, 1.82) is 0 Å². The molecule has 0 aromatic heterocycles. The number of nitrogens with one attached hydrogen (secondary N) is 1. The molecule has 3 fully saturated rings. The lowest BCUT2D eigenvalue weighted by Crippen LogP contribution is -2.68. The third-order valence-corrected chi connectivity index (χ3v) is 8.48. The maximum absolute atomic E-state index is 10.9. The molecule has 4 rings (SSSR count). The van der Waals surface area contributed by atoms with Gasteiger partial charge in [0.2, 0.25) is 0 Å². The summed E-state index contributed by atoms with van der Waals surface area (Å²) in [6, 6.07) is -2.17. The summed E-state index contributed by atoms with van der Waals surface area (Å²) in [7, 11) is 0. The molecule has 3 heterocycles. The Bertz CT molecular complexity index is 958. The van der Waals surface area contributed by atoms with Crippen LogP contribution in [0.15, 0.2) is 11.6 Å². The zero-order valence-electron chi connectivity index (χ0n) is 23.5. The number of hydrogen-bond acceptors (Lipinski definition) is 19. The average molecular weight is 646 g/mol. The fourth-order valence-corrected chi connectivity index (χ4v) is 5.81. The smallest absolute Gasteiger partial charge is 0.187 e. The first-order valence-corrected chi connectivity index (χ1v) is 14.1. The zero-order chi connectivity index (χ0) is 32.6. The summed E-state index contributed by atoms with van der Waals surface area (Å²) in [5.74, 6) is 0. The minimum absolute atomic E-state index is 0.0225. The summed E-state index contributed by atoms with van der Waals surface area (Å²) in [5, 5.41) is 136. The Kier molecular flexibility index (Phi) is 12.1. The van der Waals surface area contributed by atoms with Crippen molar-refractivity contribution in [2.75, 3.05) is 19.8 Å². The Labute approximate surface area is 250 Å². The fourth-order valence-electron chi connectivity index (χ4n) is 5.81. The number of rotatable bonds is 9. The van der Waals surface area contributed by atoms with Gasteiger partial charge < -0.3 is 95.4 Å². The minimum Gasteiger partial charge on any atom is -0.394 e. The summed E-state index contributed by atoms with van der Waals surface area (Å²) in [6.07, 6.45) is -26.6. The van der Waals surface area contributed by atoms with Crippen molar-refractivity contribution in [2.24, 2.45) is 0 Å². The van der Waals surface area contributed by atoms with Gasteiger partial charge in [0.1, 0.15) is 79.4 Å². The highest BCUT2D eigenvalue weighted by atomic mass is 16.7. The molecule has 0 radical (unpaired) electrons.